The number of aliphatic carboxylic acids is 1. The van der Waals surface area contributed by atoms with Crippen molar-refractivity contribution in [2.45, 2.75) is 50.3 Å². The highest BCUT2D eigenvalue weighted by Crippen LogP contribution is 2.42. The van der Waals surface area contributed by atoms with E-state index in [1.807, 2.05) is 12.2 Å². The summed E-state index contributed by atoms with van der Waals surface area (Å²) in [6, 6.07) is 0. The van der Waals surface area contributed by atoms with Crippen LogP contribution in [0.1, 0.15) is 13.8 Å². The van der Waals surface area contributed by atoms with Crippen molar-refractivity contribution in [2.24, 2.45) is 5.73 Å². The Balaban J connectivity index is 1.80. The monoisotopic (exact) mass is 430 g/mol. The molecule has 6 atom stereocenters. The fourth-order valence-electron chi connectivity index (χ4n) is 3.78. The number of carbonyl (C=O) groups excluding carboxylic acids is 1. The number of esters is 1. The molecule has 9 N–H and O–H groups in total. The number of aliphatic hydroxyl groups excluding tert-OH is 2. The second kappa shape index (κ2) is 8.47. The third-order valence-electron chi connectivity index (χ3n) is 5.21. The molecule has 3 heterocycles. The number of fused-ring (bicyclic) bond motifs is 1. The molecule has 0 amide bonds. The molecule has 0 radical (unpaired) electrons. The largest absolute Gasteiger partial charge is 0.479 e. The molecule has 0 spiro atoms. The van der Waals surface area contributed by atoms with Crippen molar-refractivity contribution in [3.05, 3.63) is 23.2 Å². The van der Waals surface area contributed by atoms with Crippen LogP contribution in [0, 0.1) is 0 Å². The third-order valence-corrected chi connectivity index (χ3v) is 5.21. The molecule has 0 aromatic carbocycles. The smallest absolute Gasteiger partial charge is 0.339 e. The summed E-state index contributed by atoms with van der Waals surface area (Å²) in [5.74, 6) is -4.72. The number of rotatable bonds is 8. The lowest BCUT2D eigenvalue weighted by atomic mass is 10.1. The van der Waals surface area contributed by atoms with Gasteiger partial charge >= 0.3 is 11.9 Å². The number of nitrogens with zero attached hydrogens (tertiary/aromatic N) is 1. The molecule has 0 aromatic rings. The molecule has 168 valence electrons. The fourth-order valence-corrected chi connectivity index (χ4v) is 3.78. The lowest BCUT2D eigenvalue weighted by Gasteiger charge is -2.32. The van der Waals surface area contributed by atoms with Gasteiger partial charge in [0.1, 0.15) is 18.0 Å². The van der Waals surface area contributed by atoms with Crippen LogP contribution >= 0.6 is 0 Å². The third kappa shape index (κ3) is 3.88. The van der Waals surface area contributed by atoms with Gasteiger partial charge in [-0.25, -0.2) is 4.79 Å². The van der Waals surface area contributed by atoms with E-state index in [4.69, 9.17) is 25.1 Å². The van der Waals surface area contributed by atoms with Gasteiger partial charge in [-0.2, -0.15) is 0 Å². The molecule has 1 fully saturated rings. The van der Waals surface area contributed by atoms with Gasteiger partial charge in [0.25, 0.3) is 5.79 Å². The first kappa shape index (κ1) is 22.4. The van der Waals surface area contributed by atoms with Crippen molar-refractivity contribution >= 4 is 11.9 Å². The maximum Gasteiger partial charge on any atom is 0.339 e. The highest BCUT2D eigenvalue weighted by atomic mass is 16.8. The van der Waals surface area contributed by atoms with E-state index in [1.54, 1.807) is 11.9 Å². The molecule has 13 nitrogen and oxygen atoms in total. The molecule has 0 aromatic heterocycles. The van der Waals surface area contributed by atoms with Gasteiger partial charge in [0, 0.05) is 19.7 Å². The minimum atomic E-state index is -2.28. The quantitative estimate of drug-likeness (QED) is 0.145. The zero-order valence-corrected chi connectivity index (χ0v) is 16.9. The van der Waals surface area contributed by atoms with Crippen LogP contribution in [0.15, 0.2) is 23.2 Å². The van der Waals surface area contributed by atoms with Crippen molar-refractivity contribution in [1.82, 2.24) is 15.5 Å². The molecule has 0 aliphatic carbocycles. The van der Waals surface area contributed by atoms with Gasteiger partial charge in [-0.3, -0.25) is 20.3 Å². The van der Waals surface area contributed by atoms with Gasteiger partial charge in [-0.05, 0) is 14.0 Å². The van der Waals surface area contributed by atoms with Crippen molar-refractivity contribution in [1.29, 1.82) is 0 Å². The molecule has 1 saturated heterocycles. The molecular weight excluding hydrogens is 402 g/mol. The SMILES string of the molecule is CNCNC(N)C1=C(C)N(C2OC3=CC(OC(C)=O)(C(O)C(=O)O)OC3C2O)C[NH2+]1. The number of ether oxygens (including phenoxy) is 3. The molecule has 30 heavy (non-hydrogen) atoms. The summed E-state index contributed by atoms with van der Waals surface area (Å²) in [6.45, 7) is 3.84. The first-order valence-corrected chi connectivity index (χ1v) is 9.41. The Hall–Kier alpha value is -2.26. The number of carboxylic acids is 1. The highest BCUT2D eigenvalue weighted by molar-refractivity contribution is 5.75. The number of hydrogen-bond donors (Lipinski definition) is 7. The van der Waals surface area contributed by atoms with Gasteiger partial charge in [-0.1, -0.05) is 0 Å². The van der Waals surface area contributed by atoms with Crippen molar-refractivity contribution in [2.75, 3.05) is 20.4 Å². The zero-order valence-electron chi connectivity index (χ0n) is 16.9. The van der Waals surface area contributed by atoms with Crippen LogP contribution in [-0.2, 0) is 23.8 Å². The lowest BCUT2D eigenvalue weighted by molar-refractivity contribution is -0.615. The van der Waals surface area contributed by atoms with E-state index in [9.17, 15) is 19.8 Å². The van der Waals surface area contributed by atoms with Crippen LogP contribution < -0.4 is 21.7 Å². The van der Waals surface area contributed by atoms with E-state index in [-0.39, 0.29) is 5.76 Å². The van der Waals surface area contributed by atoms with E-state index >= 15 is 0 Å². The standard InChI is InChI=1S/C17H27N5O8/c1-7-10(14(18)20-5-19-3)21-6-22(7)15-11(24)12-9(28-15)4-17(30-12,29-8(2)23)13(25)16(26)27/h4,11-15,19-21,24-25H,5-6,18H2,1-3H3,(H,26,27)/p+1. The molecule has 3 rings (SSSR count). The molecule has 3 aliphatic rings. The number of nitrogens with one attached hydrogen (secondary N) is 2. The van der Waals surface area contributed by atoms with Crippen molar-refractivity contribution < 1.29 is 44.4 Å². The van der Waals surface area contributed by atoms with Crippen LogP contribution in [0.25, 0.3) is 0 Å². The summed E-state index contributed by atoms with van der Waals surface area (Å²) in [5.41, 5.74) is 7.80. The van der Waals surface area contributed by atoms with Gasteiger partial charge in [0.05, 0.1) is 5.70 Å². The summed E-state index contributed by atoms with van der Waals surface area (Å²) in [7, 11) is 1.79. The summed E-state index contributed by atoms with van der Waals surface area (Å²) in [5, 5.41) is 37.9. The molecule has 6 unspecified atom stereocenters. The Morgan fingerprint density at radius 2 is 2.23 bits per heavy atom. The second-order valence-electron chi connectivity index (χ2n) is 7.25. The summed E-state index contributed by atoms with van der Waals surface area (Å²) >= 11 is 0. The van der Waals surface area contributed by atoms with Crippen LogP contribution in [-0.4, -0.2) is 89.0 Å². The Labute approximate surface area is 172 Å². The Morgan fingerprint density at radius 3 is 2.80 bits per heavy atom. The topological polar surface area (TPSA) is 192 Å². The summed E-state index contributed by atoms with van der Waals surface area (Å²) < 4.78 is 16.3. The molecule has 3 aliphatic heterocycles. The van der Waals surface area contributed by atoms with E-state index in [1.165, 1.54) is 0 Å². The van der Waals surface area contributed by atoms with Crippen LogP contribution in [0.3, 0.4) is 0 Å². The van der Waals surface area contributed by atoms with Crippen LogP contribution in [0.2, 0.25) is 0 Å². The Morgan fingerprint density at radius 1 is 1.53 bits per heavy atom. The number of hydrogen-bond acceptors (Lipinski definition) is 11. The average Bonchev–Trinajstić information content (AvgIpc) is 3.31. The molecule has 13 heteroatoms. The maximum atomic E-state index is 11.4. The van der Waals surface area contributed by atoms with Gasteiger partial charge < -0.3 is 40.6 Å². The number of nitrogens with two attached hydrogens (primary N) is 2. The predicted molar refractivity (Wildman–Crippen MR) is 98.3 cm³/mol. The Kier molecular flexibility index (Phi) is 6.33. The number of carbonyl (C=O) groups is 2. The van der Waals surface area contributed by atoms with Crippen LogP contribution in [0.4, 0.5) is 0 Å². The molecule has 0 saturated carbocycles. The summed E-state index contributed by atoms with van der Waals surface area (Å²) in [6.07, 6.45) is -4.71. The second-order valence-corrected chi connectivity index (χ2v) is 7.25. The molecule has 0 bridgehead atoms. The van der Waals surface area contributed by atoms with Crippen molar-refractivity contribution in [3.63, 3.8) is 0 Å². The average molecular weight is 430 g/mol. The van der Waals surface area contributed by atoms with E-state index in [2.05, 4.69) is 10.6 Å². The van der Waals surface area contributed by atoms with Gasteiger partial charge in [-0.15, -0.1) is 0 Å². The highest BCUT2D eigenvalue weighted by Gasteiger charge is 2.60. The maximum absolute atomic E-state index is 11.4. The molecular formula is C17H28N5O8+. The Bertz CT molecular complexity index is 773. The van der Waals surface area contributed by atoms with Gasteiger partial charge in [0.2, 0.25) is 12.3 Å². The minimum Gasteiger partial charge on any atom is -0.479 e. The first-order valence-electron chi connectivity index (χ1n) is 9.41. The number of carboxylic acid groups (broad SMARTS) is 1. The lowest BCUT2D eigenvalue weighted by Crippen LogP contribution is -2.85. The minimum absolute atomic E-state index is 0.0768. The number of quaternary nitrogens is 1. The van der Waals surface area contributed by atoms with E-state index in [0.717, 1.165) is 24.4 Å². The predicted octanol–water partition coefficient (Wildman–Crippen LogP) is -4.19. The number of allylic oxidation sites excluding steroid dienone is 1. The first-order chi connectivity index (χ1) is 14.1. The van der Waals surface area contributed by atoms with Crippen LogP contribution in [0.5, 0.6) is 0 Å². The number of aliphatic hydroxyl groups is 2. The van der Waals surface area contributed by atoms with Crippen molar-refractivity contribution in [3.8, 4) is 0 Å². The fraction of sp³-hybridized carbons (Fsp3) is 0.647. The normalized spacial score (nSPS) is 32.5. The van der Waals surface area contributed by atoms with Gasteiger partial charge in [0.15, 0.2) is 18.5 Å². The van der Waals surface area contributed by atoms with E-state index < -0.39 is 48.4 Å². The van der Waals surface area contributed by atoms with E-state index in [0.29, 0.717) is 13.3 Å². The zero-order chi connectivity index (χ0) is 22.2. The summed E-state index contributed by atoms with van der Waals surface area (Å²) in [4.78, 5) is 24.5.